The first-order valence-corrected chi connectivity index (χ1v) is 38.5. The topological polar surface area (TPSA) is 804 Å². The Hall–Kier alpha value is 9.32. The van der Waals surface area contributed by atoms with Crippen molar-refractivity contribution in [3.05, 3.63) is 48.6 Å². The molecule has 4 aliphatic rings. The fourth-order valence-corrected chi connectivity index (χ4v) is 14.8. The molecule has 74 heteroatoms. The van der Waals surface area contributed by atoms with Crippen LogP contribution >= 0.6 is 0 Å². The zero-order valence-corrected chi connectivity index (χ0v) is 88.6. The molecule has 0 aromatic carbocycles. The zero-order chi connectivity index (χ0) is 70.1. The molecule has 0 saturated carbocycles. The Morgan fingerprint density at radius 1 is 0.194 bits per heavy atom. The fourth-order valence-electron chi connectivity index (χ4n) is 9.12. The van der Waals surface area contributed by atoms with E-state index in [9.17, 15) is 156 Å². The molecule has 0 spiro atoms. The smallest absolute Gasteiger partial charge is 0.726 e. The molecular formula is C29H34N2Na12O48S12. The van der Waals surface area contributed by atoms with Crippen LogP contribution in [0.25, 0.3) is 0 Å². The van der Waals surface area contributed by atoms with Crippen molar-refractivity contribution in [1.82, 2.24) is 9.80 Å². The Bertz CT molecular complexity index is 3710. The Morgan fingerprint density at radius 3 is 0.447 bits per heavy atom. The summed E-state index contributed by atoms with van der Waals surface area (Å²) in [4.78, 5) is 0.485. The first-order valence-electron chi connectivity index (χ1n) is 22.5. The predicted molar refractivity (Wildman–Crippen MR) is 254 cm³/mol. The SMILES string of the molecule is O=S(=O)([O-])O[C@H]1[C@H](OS(=O)(=O)[O-])[C@@H](N(CCCCCN([C@H]2C=C[C@@H](OS(=O)(=O)[O-])[C@@H](OS(=O)(=O)[O-])[C@@H]2OS(=O)(=O)[O-])[C@H]2C=C[C@@H](OS(=O)(=O)[O-])[C@@H](OS(=O)(=O)[O-])[C@@H]2OS(=O)(=O)[O-])[C@H]2C=C[C@@H](OS(=O)(=O)[O-])[C@@H](OS(=O)(=O)[O-])[C@@H]2OS(=O)(=O)[O-])C=C[C@H]1OS(=O)(=O)[O-].[Na+].[Na+].[Na+].[Na+].[Na+].[Na+].[Na+].[Na+].[Na+].[Na+].[Na+].[Na+]. The Balaban J connectivity index is -0.00000105. The number of hydrogen-bond acceptors (Lipinski definition) is 50. The van der Waals surface area contributed by atoms with E-state index >= 15 is 0 Å². The van der Waals surface area contributed by atoms with Crippen LogP contribution in [-0.2, 0) is 175 Å². The summed E-state index contributed by atoms with van der Waals surface area (Å²) >= 11 is 0. The minimum Gasteiger partial charge on any atom is -0.726 e. The molecule has 4 rings (SSSR count). The van der Waals surface area contributed by atoms with Gasteiger partial charge >= 0.3 is 355 Å². The number of unbranched alkanes of at least 4 members (excludes halogenated alkanes) is 2. The molecule has 50 nitrogen and oxygen atoms in total. The molecule has 0 aromatic rings. The average Bonchev–Trinajstić information content (AvgIpc) is 0.766. The second kappa shape index (κ2) is 52.7. The van der Waals surface area contributed by atoms with Gasteiger partial charge in [0.25, 0.3) is 0 Å². The van der Waals surface area contributed by atoms with Gasteiger partial charge in [-0.1, -0.05) is 55.0 Å². The van der Waals surface area contributed by atoms with E-state index < -0.39 is 255 Å². The van der Waals surface area contributed by atoms with E-state index in [-0.39, 0.29) is 413 Å². The third kappa shape index (κ3) is 51.1. The van der Waals surface area contributed by atoms with Crippen LogP contribution in [0.5, 0.6) is 0 Å². The van der Waals surface area contributed by atoms with Gasteiger partial charge in [-0.25, -0.2) is 101 Å². The molecule has 0 radical (unpaired) electrons. The van der Waals surface area contributed by atoms with Crippen molar-refractivity contribution >= 4 is 125 Å². The van der Waals surface area contributed by atoms with Crippen LogP contribution in [0.1, 0.15) is 19.3 Å². The summed E-state index contributed by atoms with van der Waals surface area (Å²) < 4.78 is 483. The van der Waals surface area contributed by atoms with E-state index in [2.05, 4.69) is 50.2 Å². The molecule has 0 aromatic heterocycles. The van der Waals surface area contributed by atoms with Crippen molar-refractivity contribution in [2.45, 2.75) is 117 Å². The van der Waals surface area contributed by atoms with Gasteiger partial charge in [0.1, 0.15) is 73.2 Å². The van der Waals surface area contributed by atoms with Crippen LogP contribution in [0.2, 0.25) is 0 Å². The van der Waals surface area contributed by atoms with Gasteiger partial charge in [-0.15, -0.1) is 0 Å². The molecule has 16 atom stereocenters. The number of rotatable bonds is 34. The van der Waals surface area contributed by atoms with Crippen molar-refractivity contribution in [2.24, 2.45) is 0 Å². The molecule has 0 N–H and O–H groups in total. The summed E-state index contributed by atoms with van der Waals surface area (Å²) in [6.45, 7) is -2.67. The van der Waals surface area contributed by atoms with Gasteiger partial charge in [-0.3, -0.25) is 60.0 Å². The minimum atomic E-state index is -6.54. The summed E-state index contributed by atoms with van der Waals surface area (Å²) in [7, 11) is -76.9. The molecule has 4 aliphatic carbocycles. The van der Waals surface area contributed by atoms with E-state index in [1.807, 2.05) is 0 Å². The Morgan fingerprint density at radius 2 is 0.320 bits per heavy atom. The summed E-state index contributed by atoms with van der Waals surface area (Å²) in [6.07, 6.45) is -39.4. The second-order valence-corrected chi connectivity index (χ2v) is 29.8. The van der Waals surface area contributed by atoms with Crippen molar-refractivity contribution < 1.29 is 561 Å². The molecule has 0 bridgehead atoms. The van der Waals surface area contributed by atoms with Gasteiger partial charge in [-0.05, 0) is 25.9 Å². The maximum atomic E-state index is 12.3. The Kier molecular flexibility index (Phi) is 66.7. The minimum absolute atomic E-state index is 0. The standard InChI is InChI=1S/C29H46N2O48S12.12Na/c32-80(33,34)68-18-8-4-14(22(72-84(44,45)46)26(18)76-88(56,57)58)30(15-5-9-19(69-81(35,36)37)27(77-89(59,60)61)23(15)73-85(47,48)49)12-2-1-3-13-31(16-6-10-20(70-82(38,39)40)28(78-90(62,63)64)24(16)74-86(50,51)52)17-7-11-21(71-83(41,42)43)29(79-91(65,66)67)25(17)75-87(53,54)55;;;;;;;;;;;;/h4-11,14-29H,1-3,12-13H2,(H,32,33,34)(H,35,36,37)(H,38,39,40)(H,41,42,43)(H,44,45,46)(H,47,48,49)(H,50,51,52)(H,53,54,55)(H,56,57,58)(H,59,60,61)(H,62,63,64)(H,65,66,67);;;;;;;;;;;;/q;12*+1/p-12/t14-,15-,16-,17-,18+,19+,20+,21+,22+,23+,24+,25+,26+,27+,28+,29+;;;;;;;;;;;;/m0............/s1. The summed E-state index contributed by atoms with van der Waals surface area (Å²) in [6, 6.07) is -10.9. The first-order chi connectivity index (χ1) is 40.6. The van der Waals surface area contributed by atoms with Crippen LogP contribution in [0, 0.1) is 0 Å². The van der Waals surface area contributed by atoms with Gasteiger partial charge in [-0.2, -0.15) is 0 Å². The van der Waals surface area contributed by atoms with Crippen LogP contribution in [0.3, 0.4) is 0 Å². The van der Waals surface area contributed by atoms with E-state index in [1.165, 1.54) is 0 Å². The van der Waals surface area contributed by atoms with E-state index in [0.29, 0.717) is 0 Å². The zero-order valence-electron chi connectivity index (χ0n) is 54.8. The normalized spacial score (nSPS) is 26.9. The van der Waals surface area contributed by atoms with E-state index in [1.54, 1.807) is 0 Å². The van der Waals surface area contributed by atoms with Crippen LogP contribution in [-0.4, -0.2) is 276 Å². The van der Waals surface area contributed by atoms with Gasteiger partial charge in [0.2, 0.25) is 125 Å². The second-order valence-electron chi connectivity index (χ2n) is 17.7. The maximum Gasteiger partial charge on any atom is 1.00 e. The maximum absolute atomic E-state index is 12.3. The third-order valence-electron chi connectivity index (χ3n) is 11.5. The van der Waals surface area contributed by atoms with Crippen molar-refractivity contribution in [2.75, 3.05) is 13.1 Å². The number of nitrogens with zero attached hydrogens (tertiary/aromatic N) is 2. The average molecular weight is 1840 g/mol. The molecular weight excluding hydrogens is 1800 g/mol. The quantitative estimate of drug-likeness (QED) is 0.0190. The van der Waals surface area contributed by atoms with Crippen LogP contribution in [0.15, 0.2) is 48.6 Å². The molecule has 103 heavy (non-hydrogen) atoms. The molecule has 0 heterocycles. The molecule has 0 saturated heterocycles. The molecule has 0 aliphatic heterocycles. The number of hydrogen-bond donors (Lipinski definition) is 0. The Labute approximate surface area is 856 Å². The molecule has 0 fully saturated rings. The van der Waals surface area contributed by atoms with Gasteiger partial charge < -0.3 is 54.6 Å². The molecule has 0 unspecified atom stereocenters. The van der Waals surface area contributed by atoms with Crippen molar-refractivity contribution in [3.8, 4) is 0 Å². The van der Waals surface area contributed by atoms with Crippen molar-refractivity contribution in [1.29, 1.82) is 0 Å². The van der Waals surface area contributed by atoms with Gasteiger partial charge in [0, 0.05) is 0 Å². The monoisotopic (exact) mass is 1840 g/mol. The van der Waals surface area contributed by atoms with Gasteiger partial charge in [0.15, 0.2) is 0 Å². The summed E-state index contributed by atoms with van der Waals surface area (Å²) in [5.41, 5.74) is 0. The van der Waals surface area contributed by atoms with E-state index in [4.69, 9.17) is 0 Å². The largest absolute Gasteiger partial charge is 1.00 e. The van der Waals surface area contributed by atoms with Crippen molar-refractivity contribution in [3.63, 3.8) is 0 Å². The van der Waals surface area contributed by atoms with Crippen LogP contribution in [0.4, 0.5) is 0 Å². The molecule has 0 amide bonds. The fraction of sp³-hybridized carbons (Fsp3) is 0.724. The predicted octanol–water partition coefficient (Wildman–Crippen LogP) is -47.3. The summed E-state index contributed by atoms with van der Waals surface area (Å²) in [5, 5.41) is 0. The molecule has 532 valence electrons. The summed E-state index contributed by atoms with van der Waals surface area (Å²) in [5.74, 6) is 0. The van der Waals surface area contributed by atoms with Crippen LogP contribution < -0.4 is 355 Å². The van der Waals surface area contributed by atoms with Gasteiger partial charge in [0.05, 0.1) is 24.2 Å². The van der Waals surface area contributed by atoms with E-state index in [0.717, 1.165) is 0 Å². The first kappa shape index (κ1) is 130. The third-order valence-corrected chi connectivity index (χ3v) is 17.0.